The van der Waals surface area contributed by atoms with Gasteiger partial charge < -0.3 is 15.3 Å². The molecule has 3 N–H and O–H groups in total. The summed E-state index contributed by atoms with van der Waals surface area (Å²) in [5.74, 6) is -3.57. The van der Waals surface area contributed by atoms with E-state index in [-0.39, 0.29) is 19.3 Å². The molecule has 0 aromatic carbocycles. The summed E-state index contributed by atoms with van der Waals surface area (Å²) in [4.78, 5) is 39.7. The van der Waals surface area contributed by atoms with E-state index in [2.05, 4.69) is 57.2 Å². The van der Waals surface area contributed by atoms with Crippen LogP contribution in [0.3, 0.4) is 0 Å². The Hall–Kier alpha value is -2.37. The Balaban J connectivity index is 5.30. The fraction of sp³-hybridized carbons (Fsp3) is 0.850. The van der Waals surface area contributed by atoms with Crippen LogP contribution in [0.4, 0.5) is 0 Å². The molecule has 6 nitrogen and oxygen atoms in total. The number of hydrogen-bond acceptors (Lipinski definition) is 3. The molecular formula is C60H110O6. The van der Waals surface area contributed by atoms with Crippen molar-refractivity contribution in [2.75, 3.05) is 0 Å². The van der Waals surface area contributed by atoms with Crippen LogP contribution in [0.2, 0.25) is 0 Å². The molecule has 0 bridgehead atoms. The van der Waals surface area contributed by atoms with E-state index in [0.717, 1.165) is 116 Å². The quantitative estimate of drug-likeness (QED) is 0.0414. The minimum atomic E-state index is -1.84. The van der Waals surface area contributed by atoms with Gasteiger partial charge in [-0.15, -0.1) is 0 Å². The molecule has 0 spiro atoms. The Labute approximate surface area is 409 Å². The number of allylic oxidation sites excluding steroid dienone is 6. The summed E-state index contributed by atoms with van der Waals surface area (Å²) in [7, 11) is 0. The van der Waals surface area contributed by atoms with Gasteiger partial charge in [-0.2, -0.15) is 0 Å². The standard InChI is InChI=1S/C60H110O6/c1-4-7-10-13-16-19-22-25-28-31-34-37-40-43-46-49-52-59(57(63)64,53-50-47-44-41-38-35-32-29-26-23-20-17-14-11-8-5-2)60(58(65)66,55-56(61)62)54-51-48-45-42-39-36-33-30-27-24-21-18-15-12-9-6-3/h25-30H,4-24,31-55H2,1-3H3,(H,61,62)(H,63,64)(H,65,66)/b28-25-,29-26-,30-27-. The summed E-state index contributed by atoms with van der Waals surface area (Å²) in [5.41, 5.74) is -3.45. The van der Waals surface area contributed by atoms with Crippen LogP contribution in [0.25, 0.3) is 0 Å². The van der Waals surface area contributed by atoms with Crippen molar-refractivity contribution in [2.24, 2.45) is 10.8 Å². The van der Waals surface area contributed by atoms with E-state index in [1.807, 2.05) is 0 Å². The number of carbonyl (C=O) groups is 3. The average Bonchev–Trinajstić information content (AvgIpc) is 3.29. The predicted octanol–water partition coefficient (Wildman–Crippen LogP) is 19.9. The lowest BCUT2D eigenvalue weighted by Gasteiger charge is -2.45. The van der Waals surface area contributed by atoms with Gasteiger partial charge in [-0.1, -0.05) is 250 Å². The summed E-state index contributed by atoms with van der Waals surface area (Å²) >= 11 is 0. The number of unbranched alkanes of at least 4 members (excludes halogenated alkanes) is 36. The van der Waals surface area contributed by atoms with Gasteiger partial charge in [0.15, 0.2) is 0 Å². The Kier molecular flexibility index (Phi) is 46.0. The second kappa shape index (κ2) is 47.7. The van der Waals surface area contributed by atoms with Gasteiger partial charge in [-0.3, -0.25) is 14.4 Å². The Morgan fingerprint density at radius 1 is 0.288 bits per heavy atom. The molecule has 0 amide bonds. The lowest BCUT2D eigenvalue weighted by molar-refractivity contribution is -0.182. The Bertz CT molecular complexity index is 1150. The van der Waals surface area contributed by atoms with E-state index < -0.39 is 35.2 Å². The molecule has 0 heterocycles. The fourth-order valence-electron chi connectivity index (χ4n) is 10.2. The predicted molar refractivity (Wildman–Crippen MR) is 285 cm³/mol. The molecule has 6 heteroatoms. The van der Waals surface area contributed by atoms with E-state index in [0.29, 0.717) is 19.3 Å². The third-order valence-corrected chi connectivity index (χ3v) is 14.5. The largest absolute Gasteiger partial charge is 0.481 e. The summed E-state index contributed by atoms with van der Waals surface area (Å²) in [6.07, 6.45) is 61.7. The number of carboxylic acid groups (broad SMARTS) is 3. The zero-order chi connectivity index (χ0) is 48.5. The smallest absolute Gasteiger partial charge is 0.311 e. The highest BCUT2D eigenvalue weighted by Crippen LogP contribution is 2.53. The van der Waals surface area contributed by atoms with Crippen LogP contribution in [-0.2, 0) is 14.4 Å². The zero-order valence-electron chi connectivity index (χ0n) is 44.1. The maximum atomic E-state index is 13.6. The van der Waals surface area contributed by atoms with E-state index in [4.69, 9.17) is 0 Å². The molecule has 0 radical (unpaired) electrons. The molecule has 0 fully saturated rings. The SMILES string of the molecule is CCCCCCCC/C=C\CCCCCCCCC(CCCCCCCC/C=C\CCCCCCCC)(C(=O)O)C(CCCCCCCC/C=C\CCCCCCCC)(CC(=O)O)C(=O)O. The second-order valence-electron chi connectivity index (χ2n) is 20.4. The van der Waals surface area contributed by atoms with Gasteiger partial charge in [0.25, 0.3) is 0 Å². The van der Waals surface area contributed by atoms with Crippen molar-refractivity contribution in [1.82, 2.24) is 0 Å². The van der Waals surface area contributed by atoms with Crippen molar-refractivity contribution < 1.29 is 29.7 Å². The summed E-state index contributed by atoms with van der Waals surface area (Å²) in [5, 5.41) is 32.4. The highest BCUT2D eigenvalue weighted by atomic mass is 16.4. The van der Waals surface area contributed by atoms with Gasteiger partial charge in [0.2, 0.25) is 0 Å². The van der Waals surface area contributed by atoms with Gasteiger partial charge >= 0.3 is 17.9 Å². The highest BCUT2D eigenvalue weighted by Gasteiger charge is 2.61. The molecule has 0 saturated carbocycles. The van der Waals surface area contributed by atoms with Crippen LogP contribution in [0.1, 0.15) is 316 Å². The minimum Gasteiger partial charge on any atom is -0.481 e. The zero-order valence-corrected chi connectivity index (χ0v) is 44.1. The van der Waals surface area contributed by atoms with Crippen molar-refractivity contribution in [1.29, 1.82) is 0 Å². The van der Waals surface area contributed by atoms with Crippen LogP contribution in [-0.4, -0.2) is 33.2 Å². The normalized spacial score (nSPS) is 13.1. The van der Waals surface area contributed by atoms with Crippen molar-refractivity contribution in [3.05, 3.63) is 36.5 Å². The van der Waals surface area contributed by atoms with E-state index in [1.54, 1.807) is 0 Å². The van der Waals surface area contributed by atoms with Crippen molar-refractivity contribution in [3.8, 4) is 0 Å². The van der Waals surface area contributed by atoms with Gasteiger partial charge in [0.05, 0.1) is 17.3 Å². The molecule has 0 aliphatic rings. The first-order valence-electron chi connectivity index (χ1n) is 28.9. The Morgan fingerprint density at radius 2 is 0.485 bits per heavy atom. The van der Waals surface area contributed by atoms with E-state index >= 15 is 0 Å². The average molecular weight is 928 g/mol. The molecule has 0 aromatic rings. The van der Waals surface area contributed by atoms with Gasteiger partial charge in [-0.25, -0.2) is 0 Å². The molecule has 0 saturated heterocycles. The maximum absolute atomic E-state index is 13.6. The first-order valence-corrected chi connectivity index (χ1v) is 28.9. The third-order valence-electron chi connectivity index (χ3n) is 14.5. The first kappa shape index (κ1) is 63.6. The molecule has 0 aromatic heterocycles. The first-order chi connectivity index (χ1) is 32.2. The molecule has 0 aliphatic heterocycles. The van der Waals surface area contributed by atoms with Crippen LogP contribution >= 0.6 is 0 Å². The topological polar surface area (TPSA) is 112 Å². The third kappa shape index (κ3) is 34.8. The van der Waals surface area contributed by atoms with E-state index in [1.165, 1.54) is 135 Å². The molecule has 1 atom stereocenters. The summed E-state index contributed by atoms with van der Waals surface area (Å²) in [6, 6.07) is 0. The lowest BCUT2D eigenvalue weighted by Crippen LogP contribution is -2.54. The fourth-order valence-corrected chi connectivity index (χ4v) is 10.2. The van der Waals surface area contributed by atoms with Crippen molar-refractivity contribution in [3.63, 3.8) is 0 Å². The molecular weight excluding hydrogens is 817 g/mol. The highest BCUT2D eigenvalue weighted by molar-refractivity contribution is 5.90. The lowest BCUT2D eigenvalue weighted by atomic mass is 9.55. The van der Waals surface area contributed by atoms with Crippen LogP contribution < -0.4 is 0 Å². The second-order valence-corrected chi connectivity index (χ2v) is 20.4. The number of hydrogen-bond donors (Lipinski definition) is 3. The van der Waals surface area contributed by atoms with Gasteiger partial charge in [0.1, 0.15) is 0 Å². The summed E-state index contributed by atoms with van der Waals surface area (Å²) < 4.78 is 0. The van der Waals surface area contributed by atoms with Crippen LogP contribution in [0, 0.1) is 10.8 Å². The number of rotatable bonds is 53. The molecule has 386 valence electrons. The molecule has 1 unspecified atom stereocenters. The van der Waals surface area contributed by atoms with Crippen molar-refractivity contribution in [2.45, 2.75) is 316 Å². The van der Waals surface area contributed by atoms with Gasteiger partial charge in [-0.05, 0) is 96.3 Å². The maximum Gasteiger partial charge on any atom is 0.311 e. The van der Waals surface area contributed by atoms with E-state index in [9.17, 15) is 29.7 Å². The Morgan fingerprint density at radius 3 is 0.697 bits per heavy atom. The van der Waals surface area contributed by atoms with Gasteiger partial charge in [0, 0.05) is 0 Å². The van der Waals surface area contributed by atoms with Crippen molar-refractivity contribution >= 4 is 17.9 Å². The number of aliphatic carboxylic acids is 3. The molecule has 66 heavy (non-hydrogen) atoms. The monoisotopic (exact) mass is 927 g/mol. The molecule has 0 rings (SSSR count). The minimum absolute atomic E-state index is 0.0981. The number of carboxylic acids is 3. The molecule has 0 aliphatic carbocycles. The van der Waals surface area contributed by atoms with Crippen LogP contribution in [0.5, 0.6) is 0 Å². The van der Waals surface area contributed by atoms with Crippen LogP contribution in [0.15, 0.2) is 36.5 Å². The summed E-state index contributed by atoms with van der Waals surface area (Å²) in [6.45, 7) is 6.77.